The number of carbonyl (C=O) groups is 2. The Kier molecular flexibility index (Phi) is 12.8. The van der Waals surface area contributed by atoms with Crippen LogP contribution < -0.4 is 9.47 Å². The number of ether oxygens (including phenoxy) is 3. The first kappa shape index (κ1) is 45.2. The first-order chi connectivity index (χ1) is 30.4. The van der Waals surface area contributed by atoms with E-state index < -0.39 is 76.2 Å². The monoisotopic (exact) mass is 901 g/mol. The highest BCUT2D eigenvalue weighted by Crippen LogP contribution is 2.41. The van der Waals surface area contributed by atoms with E-state index in [0.29, 0.717) is 17.7 Å². The molecule has 1 unspecified atom stereocenters. The van der Waals surface area contributed by atoms with Crippen LogP contribution in [0.15, 0.2) is 114 Å². The van der Waals surface area contributed by atoms with E-state index in [2.05, 4.69) is 15.1 Å². The Labute approximate surface area is 365 Å². The second kappa shape index (κ2) is 18.1. The Hall–Kier alpha value is -6.79. The van der Waals surface area contributed by atoms with E-state index in [-0.39, 0.29) is 50.8 Å². The number of alkyl halides is 2. The number of nitrogens with zero attached hydrogens (tertiary/aromatic N) is 4. The third-order valence-electron chi connectivity index (χ3n) is 11.0. The Bertz CT molecular complexity index is 2950. The van der Waals surface area contributed by atoms with Crippen molar-refractivity contribution in [2.24, 2.45) is 5.92 Å². The van der Waals surface area contributed by atoms with E-state index in [1.165, 1.54) is 69.0 Å². The van der Waals surface area contributed by atoms with Crippen LogP contribution in [0.5, 0.6) is 17.4 Å². The lowest BCUT2D eigenvalue weighted by Crippen LogP contribution is -2.32. The molecule has 0 aliphatic carbocycles. The highest BCUT2D eigenvalue weighted by Gasteiger charge is 2.38. The lowest BCUT2D eigenvalue weighted by atomic mass is 9.74. The number of esters is 1. The molecule has 0 saturated heterocycles. The van der Waals surface area contributed by atoms with E-state index in [4.69, 9.17) is 14.2 Å². The zero-order chi connectivity index (χ0) is 46.0. The van der Waals surface area contributed by atoms with Crippen LogP contribution in [0, 0.1) is 17.6 Å². The zero-order valence-corrected chi connectivity index (χ0v) is 35.8. The van der Waals surface area contributed by atoms with Crippen molar-refractivity contribution in [1.29, 1.82) is 0 Å². The molecular formula is C46H43F4N5O8S. The Morgan fingerprint density at radius 2 is 1.70 bits per heavy atom. The third kappa shape index (κ3) is 9.28. The number of hydrogen-bond donors (Lipinski definition) is 2. The summed E-state index contributed by atoms with van der Waals surface area (Å²) in [4.78, 5) is 31.4. The highest BCUT2D eigenvalue weighted by atomic mass is 32.2. The van der Waals surface area contributed by atoms with Crippen LogP contribution >= 0.6 is 0 Å². The van der Waals surface area contributed by atoms with Crippen molar-refractivity contribution in [2.45, 2.75) is 62.9 Å². The molecule has 7 aromatic rings. The molecule has 18 heteroatoms. The van der Waals surface area contributed by atoms with Gasteiger partial charge in [0.25, 0.3) is 15.9 Å². The van der Waals surface area contributed by atoms with Gasteiger partial charge >= 0.3 is 5.97 Å². The molecule has 334 valence electrons. The van der Waals surface area contributed by atoms with Gasteiger partial charge in [-0.3, -0.25) is 9.59 Å². The maximum absolute atomic E-state index is 15.9. The van der Waals surface area contributed by atoms with Crippen LogP contribution in [-0.2, 0) is 38.0 Å². The average molecular weight is 902 g/mol. The summed E-state index contributed by atoms with van der Waals surface area (Å²) in [7, 11) is -2.85. The molecule has 0 radical (unpaired) electrons. The molecule has 3 heterocycles. The van der Waals surface area contributed by atoms with Gasteiger partial charge in [0.15, 0.2) is 18.2 Å². The largest absolute Gasteiger partial charge is 0.470 e. The molecule has 3 aromatic heterocycles. The molecule has 0 saturated carbocycles. The van der Waals surface area contributed by atoms with Gasteiger partial charge in [-0.1, -0.05) is 49.4 Å². The van der Waals surface area contributed by atoms with Gasteiger partial charge in [-0.05, 0) is 67.3 Å². The normalized spacial score (nSPS) is 13.4. The maximum Gasteiger partial charge on any atom is 0.308 e. The predicted octanol–water partition coefficient (Wildman–Crippen LogP) is 8.84. The first-order valence-corrected chi connectivity index (χ1v) is 21.4. The molecule has 0 bridgehead atoms. The second-order valence-corrected chi connectivity index (χ2v) is 17.3. The fraction of sp³-hybridized carbons (Fsp3) is 0.261. The molecular weight excluding hydrogens is 859 g/mol. The summed E-state index contributed by atoms with van der Waals surface area (Å²) in [5, 5.41) is 14.5. The summed E-state index contributed by atoms with van der Waals surface area (Å²) in [5.74, 6) is -7.15. The van der Waals surface area contributed by atoms with Gasteiger partial charge in [-0.2, -0.15) is 0 Å². The minimum atomic E-state index is -4.14. The summed E-state index contributed by atoms with van der Waals surface area (Å²) < 4.78 is 108. The molecule has 0 fully saturated rings. The SMILES string of the molecule is COC(=O)[C@@H](C)Cc1cccc(C(C)(CCC(F)(F)COc2ccn(C(C)=O)n2)c2cnc(-c3cc(Oc4c(F)cc5c(ccn5S(=O)(=O)c5ccccc5)c4CO)ccc3F)[nH]2)c1. The molecule has 2 N–H and O–H groups in total. The molecule has 0 spiro atoms. The quantitative estimate of drug-likeness (QED) is 0.0666. The number of aromatic amines is 1. The lowest BCUT2D eigenvalue weighted by Gasteiger charge is -2.31. The molecule has 0 aliphatic heterocycles. The molecule has 13 nitrogen and oxygen atoms in total. The van der Waals surface area contributed by atoms with Crippen LogP contribution in [0.2, 0.25) is 0 Å². The van der Waals surface area contributed by atoms with Gasteiger partial charge in [-0.25, -0.2) is 39.6 Å². The number of fused-ring (bicyclic) bond motifs is 1. The standard InChI is InChI=1S/C46H43F4N5O8S/c1-28(44(58)61-4)21-30-9-8-10-31(22-30)45(3,17-18-46(49,50)27-62-41-16-19-54(53-41)29(2)57)40-25-51-43(52-40)35-23-32(13-14-37(35)47)63-42-36(26-56)34-15-20-55(39(34)24-38(42)48)64(59,60)33-11-6-5-7-12-33/h5-16,19-20,22-25,28,56H,17-18,21,26-27H2,1-4H3,(H,51,52)/t28-,45?/m0/s1. The topological polar surface area (TPSA) is 168 Å². The van der Waals surface area contributed by atoms with Crippen molar-refractivity contribution < 1.29 is 54.9 Å². The predicted molar refractivity (Wildman–Crippen MR) is 227 cm³/mol. The van der Waals surface area contributed by atoms with Crippen molar-refractivity contribution in [3.63, 3.8) is 0 Å². The number of nitrogens with one attached hydrogen (secondary N) is 1. The average Bonchev–Trinajstić information content (AvgIpc) is 4.07. The van der Waals surface area contributed by atoms with Crippen LogP contribution in [0.3, 0.4) is 0 Å². The number of aromatic nitrogens is 5. The minimum absolute atomic E-state index is 0.0164. The van der Waals surface area contributed by atoms with Gasteiger partial charge in [-0.15, -0.1) is 5.10 Å². The molecule has 0 amide bonds. The number of hydrogen-bond acceptors (Lipinski definition) is 10. The lowest BCUT2D eigenvalue weighted by molar-refractivity contribution is -0.144. The van der Waals surface area contributed by atoms with Gasteiger partial charge in [0.1, 0.15) is 17.4 Å². The summed E-state index contributed by atoms with van der Waals surface area (Å²) in [5.41, 5.74) is 0.197. The fourth-order valence-corrected chi connectivity index (χ4v) is 8.78. The second-order valence-electron chi connectivity index (χ2n) is 15.5. The smallest absolute Gasteiger partial charge is 0.308 e. The fourth-order valence-electron chi connectivity index (χ4n) is 7.42. The summed E-state index contributed by atoms with van der Waals surface area (Å²) in [6, 6.07) is 21.9. The maximum atomic E-state index is 15.9. The van der Waals surface area contributed by atoms with Gasteiger partial charge in [0.05, 0.1) is 35.6 Å². The Balaban J connectivity index is 1.20. The van der Waals surface area contributed by atoms with E-state index in [9.17, 15) is 23.1 Å². The highest BCUT2D eigenvalue weighted by molar-refractivity contribution is 7.90. The number of benzene rings is 4. The van der Waals surface area contributed by atoms with Gasteiger partial charge in [0.2, 0.25) is 11.8 Å². The number of methoxy groups -OCH3 is 1. The minimum Gasteiger partial charge on any atom is -0.470 e. The zero-order valence-electron chi connectivity index (χ0n) is 35.0. The number of aliphatic hydroxyl groups is 1. The molecule has 7 rings (SSSR count). The Morgan fingerprint density at radius 1 is 0.938 bits per heavy atom. The van der Waals surface area contributed by atoms with Crippen molar-refractivity contribution in [3.05, 3.63) is 144 Å². The molecule has 2 atom stereocenters. The van der Waals surface area contributed by atoms with Crippen LogP contribution in [0.25, 0.3) is 22.3 Å². The van der Waals surface area contributed by atoms with E-state index >= 15 is 17.6 Å². The van der Waals surface area contributed by atoms with Crippen LogP contribution in [0.1, 0.15) is 60.8 Å². The molecule has 64 heavy (non-hydrogen) atoms. The summed E-state index contributed by atoms with van der Waals surface area (Å²) >= 11 is 0. The first-order valence-electron chi connectivity index (χ1n) is 20.0. The van der Waals surface area contributed by atoms with Crippen LogP contribution in [-0.4, -0.2) is 68.8 Å². The molecule has 4 aromatic carbocycles. The van der Waals surface area contributed by atoms with Crippen molar-refractivity contribution in [3.8, 4) is 28.8 Å². The van der Waals surface area contributed by atoms with Crippen molar-refractivity contribution in [1.82, 2.24) is 23.7 Å². The number of aliphatic hydroxyl groups excluding tert-OH is 1. The number of H-pyrrole nitrogens is 1. The van der Waals surface area contributed by atoms with Gasteiger partial charge < -0.3 is 24.3 Å². The number of carbonyl (C=O) groups excluding carboxylic acids is 2. The third-order valence-corrected chi connectivity index (χ3v) is 12.7. The van der Waals surface area contributed by atoms with Crippen LogP contribution in [0.4, 0.5) is 17.6 Å². The van der Waals surface area contributed by atoms with Gasteiger partial charge in [0, 0.05) is 66.1 Å². The summed E-state index contributed by atoms with van der Waals surface area (Å²) in [6.45, 7) is 2.91. The van der Waals surface area contributed by atoms with E-state index in [1.807, 2.05) is 0 Å². The number of imidazole rings is 1. The number of halogens is 4. The molecule has 0 aliphatic rings. The summed E-state index contributed by atoms with van der Waals surface area (Å²) in [6.07, 6.45) is 3.36. The van der Waals surface area contributed by atoms with E-state index in [0.717, 1.165) is 26.4 Å². The van der Waals surface area contributed by atoms with Crippen molar-refractivity contribution >= 4 is 32.8 Å². The van der Waals surface area contributed by atoms with Crippen molar-refractivity contribution in [2.75, 3.05) is 13.7 Å². The van der Waals surface area contributed by atoms with E-state index in [1.54, 1.807) is 56.3 Å². The number of rotatable bonds is 17. The Morgan fingerprint density at radius 3 is 2.41 bits per heavy atom.